The van der Waals surface area contributed by atoms with Crippen LogP contribution in [-0.2, 0) is 15.0 Å². The molecule has 188 valence electrons. The molecule has 5 rings (SSSR count). The van der Waals surface area contributed by atoms with Gasteiger partial charge in [-0.1, -0.05) is 89.2 Å². The number of anilines is 1. The van der Waals surface area contributed by atoms with Crippen LogP contribution in [0.25, 0.3) is 16.7 Å². The van der Waals surface area contributed by atoms with Crippen molar-refractivity contribution in [2.45, 2.75) is 52.0 Å². The third-order valence-corrected chi connectivity index (χ3v) is 7.22. The predicted octanol–water partition coefficient (Wildman–Crippen LogP) is 7.22. The Hall–Kier alpha value is -4.12. The fourth-order valence-electron chi connectivity index (χ4n) is 5.01. The molecule has 5 nitrogen and oxygen atoms in total. The first-order valence-corrected chi connectivity index (χ1v) is 12.7. The van der Waals surface area contributed by atoms with Crippen LogP contribution in [0.4, 0.5) is 5.69 Å². The number of aliphatic hydroxyl groups excluding tert-OH is 1. The average Bonchev–Trinajstić information content (AvgIpc) is 3.42. The number of aromatic nitrogens is 1. The Balaban J connectivity index is 1.71. The van der Waals surface area contributed by atoms with Crippen molar-refractivity contribution in [1.29, 1.82) is 0 Å². The monoisotopic (exact) mass is 492 g/mol. The van der Waals surface area contributed by atoms with E-state index in [0.717, 1.165) is 27.6 Å². The number of hydrogen-bond donors (Lipinski definition) is 2. The van der Waals surface area contributed by atoms with Crippen LogP contribution in [0.2, 0.25) is 0 Å². The summed E-state index contributed by atoms with van der Waals surface area (Å²) in [4.78, 5) is 31.7. The molecule has 1 aliphatic rings. The van der Waals surface area contributed by atoms with Gasteiger partial charge < -0.3 is 10.1 Å². The topological polar surface area (TPSA) is 73.4 Å². The highest BCUT2D eigenvalue weighted by Gasteiger charge is 2.47. The van der Waals surface area contributed by atoms with Gasteiger partial charge in [-0.05, 0) is 46.2 Å². The van der Waals surface area contributed by atoms with Crippen molar-refractivity contribution in [2.75, 3.05) is 4.90 Å². The first kappa shape index (κ1) is 24.6. The van der Waals surface area contributed by atoms with Gasteiger partial charge in [-0.3, -0.25) is 14.5 Å². The standard InChI is InChI=1S/C32H32N2O3/c1-19(2)20-12-16-23(17-13-20)34-28(21-10-14-22(15-11-21)32(3,4)5)27(30(36)31(34)37)29(35)25-18-33-26-9-7-6-8-24(25)26/h6-19,28,33,35H,1-5H3/b29-27-. The summed E-state index contributed by atoms with van der Waals surface area (Å²) < 4.78 is 0. The van der Waals surface area contributed by atoms with Gasteiger partial charge in [0.2, 0.25) is 0 Å². The quantitative estimate of drug-likeness (QED) is 0.179. The van der Waals surface area contributed by atoms with E-state index >= 15 is 0 Å². The summed E-state index contributed by atoms with van der Waals surface area (Å²) in [6.07, 6.45) is 1.69. The molecule has 0 aliphatic carbocycles. The summed E-state index contributed by atoms with van der Waals surface area (Å²) in [5.41, 5.74) is 5.06. The molecule has 1 unspecified atom stereocenters. The molecule has 2 heterocycles. The van der Waals surface area contributed by atoms with E-state index in [0.29, 0.717) is 17.2 Å². The molecule has 0 radical (unpaired) electrons. The van der Waals surface area contributed by atoms with Crippen molar-refractivity contribution in [1.82, 2.24) is 4.98 Å². The number of nitrogens with one attached hydrogen (secondary N) is 1. The van der Waals surface area contributed by atoms with E-state index in [9.17, 15) is 14.7 Å². The summed E-state index contributed by atoms with van der Waals surface area (Å²) in [5.74, 6) is -1.18. The highest BCUT2D eigenvalue weighted by molar-refractivity contribution is 6.51. The Labute approximate surface area is 217 Å². The van der Waals surface area contributed by atoms with Gasteiger partial charge in [0.15, 0.2) is 0 Å². The Morgan fingerprint density at radius 3 is 2.19 bits per heavy atom. The number of rotatable bonds is 4. The van der Waals surface area contributed by atoms with Gasteiger partial charge in [0.05, 0.1) is 11.6 Å². The summed E-state index contributed by atoms with van der Waals surface area (Å²) in [6, 6.07) is 22.5. The maximum absolute atomic E-state index is 13.5. The van der Waals surface area contributed by atoms with Gasteiger partial charge in [-0.25, -0.2) is 0 Å². The highest BCUT2D eigenvalue weighted by Crippen LogP contribution is 2.43. The van der Waals surface area contributed by atoms with Crippen LogP contribution in [0, 0.1) is 0 Å². The fourth-order valence-corrected chi connectivity index (χ4v) is 5.01. The molecular weight excluding hydrogens is 460 g/mol. The number of aromatic amines is 1. The number of nitrogens with zero attached hydrogens (tertiary/aromatic N) is 1. The number of H-pyrrole nitrogens is 1. The van der Waals surface area contributed by atoms with E-state index in [4.69, 9.17) is 0 Å². The molecule has 1 fully saturated rings. The van der Waals surface area contributed by atoms with Crippen molar-refractivity contribution in [3.8, 4) is 0 Å². The molecule has 2 N–H and O–H groups in total. The number of carbonyl (C=O) groups excluding carboxylic acids is 2. The summed E-state index contributed by atoms with van der Waals surface area (Å²) >= 11 is 0. The lowest BCUT2D eigenvalue weighted by molar-refractivity contribution is -0.132. The molecule has 1 saturated heterocycles. The minimum absolute atomic E-state index is 0.0446. The number of fused-ring (bicyclic) bond motifs is 1. The first-order valence-electron chi connectivity index (χ1n) is 12.7. The molecular formula is C32H32N2O3. The van der Waals surface area contributed by atoms with Crippen LogP contribution in [0.15, 0.2) is 84.6 Å². The Morgan fingerprint density at radius 2 is 1.57 bits per heavy atom. The zero-order valence-corrected chi connectivity index (χ0v) is 21.9. The lowest BCUT2D eigenvalue weighted by Gasteiger charge is -2.27. The normalized spacial score (nSPS) is 17.8. The lowest BCUT2D eigenvalue weighted by Crippen LogP contribution is -2.29. The van der Waals surface area contributed by atoms with Crippen molar-refractivity contribution in [2.24, 2.45) is 0 Å². The van der Waals surface area contributed by atoms with Crippen LogP contribution < -0.4 is 4.90 Å². The largest absolute Gasteiger partial charge is 0.507 e. The molecule has 0 bridgehead atoms. The number of Topliss-reactive ketones (excluding diaryl/α,β-unsaturated/α-hetero) is 1. The van der Waals surface area contributed by atoms with Crippen molar-refractivity contribution < 1.29 is 14.7 Å². The molecule has 1 amide bonds. The van der Waals surface area contributed by atoms with Gasteiger partial charge in [-0.2, -0.15) is 0 Å². The van der Waals surface area contributed by atoms with Crippen LogP contribution in [0.1, 0.15) is 68.8 Å². The number of aliphatic hydroxyl groups is 1. The zero-order chi connectivity index (χ0) is 26.5. The molecule has 0 saturated carbocycles. The summed E-state index contributed by atoms with van der Waals surface area (Å²) in [5, 5.41) is 12.3. The smallest absolute Gasteiger partial charge is 0.300 e. The highest BCUT2D eigenvalue weighted by atomic mass is 16.3. The van der Waals surface area contributed by atoms with Gasteiger partial charge >= 0.3 is 0 Å². The average molecular weight is 493 g/mol. The third kappa shape index (κ3) is 4.25. The van der Waals surface area contributed by atoms with Crippen LogP contribution in [0.5, 0.6) is 0 Å². The molecule has 4 aromatic rings. The van der Waals surface area contributed by atoms with Gasteiger partial charge in [0, 0.05) is 28.4 Å². The molecule has 1 aromatic heterocycles. The van der Waals surface area contributed by atoms with Crippen LogP contribution in [-0.4, -0.2) is 21.8 Å². The minimum atomic E-state index is -0.757. The van der Waals surface area contributed by atoms with Gasteiger partial charge in [0.1, 0.15) is 5.76 Å². The second-order valence-electron chi connectivity index (χ2n) is 11.0. The fraction of sp³-hybridized carbons (Fsp3) is 0.250. The van der Waals surface area contributed by atoms with Crippen LogP contribution >= 0.6 is 0 Å². The lowest BCUT2D eigenvalue weighted by atomic mass is 9.85. The Morgan fingerprint density at radius 1 is 0.919 bits per heavy atom. The van der Waals surface area contributed by atoms with E-state index in [1.165, 1.54) is 4.90 Å². The predicted molar refractivity (Wildman–Crippen MR) is 149 cm³/mol. The summed E-state index contributed by atoms with van der Waals surface area (Å²) in [6.45, 7) is 10.6. The third-order valence-electron chi connectivity index (χ3n) is 7.22. The zero-order valence-electron chi connectivity index (χ0n) is 21.9. The van der Waals surface area contributed by atoms with E-state index < -0.39 is 17.7 Å². The molecule has 0 spiro atoms. The van der Waals surface area contributed by atoms with Crippen molar-refractivity contribution in [3.05, 3.63) is 107 Å². The maximum Gasteiger partial charge on any atom is 0.300 e. The van der Waals surface area contributed by atoms with Crippen molar-refractivity contribution in [3.63, 3.8) is 0 Å². The first-order chi connectivity index (χ1) is 17.6. The molecule has 1 aliphatic heterocycles. The van der Waals surface area contributed by atoms with Crippen LogP contribution in [0.3, 0.4) is 0 Å². The molecule has 5 heteroatoms. The number of para-hydroxylation sites is 1. The number of ketones is 1. The second kappa shape index (κ2) is 9.07. The molecule has 3 aromatic carbocycles. The van der Waals surface area contributed by atoms with E-state index in [-0.39, 0.29) is 16.7 Å². The Bertz CT molecular complexity index is 1520. The Kier molecular flexibility index (Phi) is 6.03. The van der Waals surface area contributed by atoms with Crippen molar-refractivity contribution >= 4 is 34.0 Å². The number of amides is 1. The number of carbonyl (C=O) groups is 2. The second-order valence-corrected chi connectivity index (χ2v) is 11.0. The SMILES string of the molecule is CC(C)c1ccc(N2C(=O)C(=O)/C(=C(\O)c3c[nH]c4ccccc34)C2c2ccc(C(C)(C)C)cc2)cc1. The molecule has 37 heavy (non-hydrogen) atoms. The maximum atomic E-state index is 13.5. The van der Waals surface area contributed by atoms with Gasteiger partial charge in [-0.15, -0.1) is 0 Å². The molecule has 1 atom stereocenters. The van der Waals surface area contributed by atoms with E-state index in [2.05, 4.69) is 39.6 Å². The number of benzene rings is 3. The summed E-state index contributed by atoms with van der Waals surface area (Å²) in [7, 11) is 0. The minimum Gasteiger partial charge on any atom is -0.507 e. The van der Waals surface area contributed by atoms with Gasteiger partial charge in [0.25, 0.3) is 11.7 Å². The van der Waals surface area contributed by atoms with E-state index in [1.807, 2.05) is 72.8 Å². The van der Waals surface area contributed by atoms with E-state index in [1.54, 1.807) is 6.20 Å². The number of hydrogen-bond acceptors (Lipinski definition) is 3.